The minimum atomic E-state index is -0.478. The number of rotatable bonds is 4. The van der Waals surface area contributed by atoms with Crippen LogP contribution in [0.4, 0.5) is 0 Å². The highest BCUT2D eigenvalue weighted by Gasteiger charge is 2.27. The van der Waals surface area contributed by atoms with Crippen molar-refractivity contribution in [3.05, 3.63) is 89.6 Å². The van der Waals surface area contributed by atoms with Gasteiger partial charge >= 0.3 is 0 Å². The molecule has 2 heterocycles. The van der Waals surface area contributed by atoms with E-state index in [1.807, 2.05) is 54.6 Å². The molecule has 6 heteroatoms. The van der Waals surface area contributed by atoms with Crippen LogP contribution in [0.15, 0.2) is 72.8 Å². The molecule has 0 spiro atoms. The number of morpholine rings is 1. The normalized spacial score (nSPS) is 16.4. The van der Waals surface area contributed by atoms with Gasteiger partial charge in [0.05, 0.1) is 24.5 Å². The molecule has 1 aromatic heterocycles. The lowest BCUT2D eigenvalue weighted by molar-refractivity contribution is -0.0246. The van der Waals surface area contributed by atoms with E-state index >= 15 is 0 Å². The van der Waals surface area contributed by atoms with E-state index in [-0.39, 0.29) is 12.0 Å². The molecular formula is C23H21N3O3. The summed E-state index contributed by atoms with van der Waals surface area (Å²) in [7, 11) is 0. The average Bonchev–Trinajstić information content (AvgIpc) is 2.79. The summed E-state index contributed by atoms with van der Waals surface area (Å²) >= 11 is 0. The third kappa shape index (κ3) is 4.17. The van der Waals surface area contributed by atoms with Crippen LogP contribution in [0.2, 0.25) is 0 Å². The number of ether oxygens (including phenoxy) is 1. The van der Waals surface area contributed by atoms with Crippen molar-refractivity contribution in [2.75, 3.05) is 19.7 Å². The number of hydrogen-bond donors (Lipinski definition) is 1. The Kier molecular flexibility index (Phi) is 5.35. The lowest BCUT2D eigenvalue weighted by atomic mass is 10.1. The van der Waals surface area contributed by atoms with Gasteiger partial charge in [0, 0.05) is 23.2 Å². The zero-order chi connectivity index (χ0) is 20.2. The molecule has 2 amide bonds. The van der Waals surface area contributed by atoms with Gasteiger partial charge in [-0.25, -0.2) is 4.98 Å². The molecule has 1 saturated heterocycles. The number of amides is 2. The fourth-order valence-electron chi connectivity index (χ4n) is 3.40. The van der Waals surface area contributed by atoms with Crippen LogP contribution < -0.4 is 5.73 Å². The van der Waals surface area contributed by atoms with Crippen LogP contribution in [0, 0.1) is 0 Å². The van der Waals surface area contributed by atoms with E-state index in [9.17, 15) is 9.59 Å². The molecule has 0 aliphatic carbocycles. The highest BCUT2D eigenvalue weighted by atomic mass is 16.5. The van der Waals surface area contributed by atoms with Gasteiger partial charge in [0.1, 0.15) is 6.10 Å². The van der Waals surface area contributed by atoms with Crippen LogP contribution in [0.3, 0.4) is 0 Å². The third-order valence-electron chi connectivity index (χ3n) is 4.92. The molecule has 1 atom stereocenters. The van der Waals surface area contributed by atoms with Crippen molar-refractivity contribution in [1.29, 1.82) is 0 Å². The number of carbonyl (C=O) groups excluding carboxylic acids is 2. The highest BCUT2D eigenvalue weighted by Crippen LogP contribution is 2.25. The molecule has 1 fully saturated rings. The highest BCUT2D eigenvalue weighted by molar-refractivity contribution is 5.94. The van der Waals surface area contributed by atoms with Crippen molar-refractivity contribution < 1.29 is 14.3 Å². The Morgan fingerprint density at radius 3 is 2.52 bits per heavy atom. The topological polar surface area (TPSA) is 85.5 Å². The van der Waals surface area contributed by atoms with Crippen LogP contribution in [0.5, 0.6) is 0 Å². The maximum atomic E-state index is 12.8. The summed E-state index contributed by atoms with van der Waals surface area (Å²) < 4.78 is 5.90. The molecule has 2 N–H and O–H groups in total. The van der Waals surface area contributed by atoms with Gasteiger partial charge in [-0.1, -0.05) is 36.4 Å². The molecule has 1 aliphatic rings. The summed E-state index contributed by atoms with van der Waals surface area (Å²) in [4.78, 5) is 30.7. The Hall–Kier alpha value is -3.51. The van der Waals surface area contributed by atoms with Crippen LogP contribution in [0.25, 0.3) is 11.3 Å². The molecule has 0 radical (unpaired) electrons. The van der Waals surface area contributed by atoms with E-state index in [4.69, 9.17) is 15.5 Å². The molecule has 0 bridgehead atoms. The maximum absolute atomic E-state index is 12.8. The fraction of sp³-hybridized carbons (Fsp3) is 0.174. The van der Waals surface area contributed by atoms with Crippen molar-refractivity contribution >= 4 is 11.8 Å². The lowest BCUT2D eigenvalue weighted by Gasteiger charge is -2.33. The second kappa shape index (κ2) is 8.24. The molecule has 0 unspecified atom stereocenters. The van der Waals surface area contributed by atoms with Gasteiger partial charge in [0.2, 0.25) is 5.91 Å². The van der Waals surface area contributed by atoms with Gasteiger partial charge in [-0.2, -0.15) is 0 Å². The molecule has 6 nitrogen and oxygen atoms in total. The van der Waals surface area contributed by atoms with E-state index in [1.54, 1.807) is 23.1 Å². The van der Waals surface area contributed by atoms with Crippen molar-refractivity contribution in [3.8, 4) is 11.3 Å². The molecule has 2 aromatic carbocycles. The monoisotopic (exact) mass is 387 g/mol. The third-order valence-corrected chi connectivity index (χ3v) is 4.92. The summed E-state index contributed by atoms with van der Waals surface area (Å²) in [6.45, 7) is 1.43. The average molecular weight is 387 g/mol. The zero-order valence-electron chi connectivity index (χ0n) is 15.8. The smallest absolute Gasteiger partial charge is 0.254 e. The van der Waals surface area contributed by atoms with E-state index in [2.05, 4.69) is 0 Å². The Balaban J connectivity index is 1.56. The Morgan fingerprint density at radius 2 is 1.72 bits per heavy atom. The molecule has 3 aromatic rings. The minimum Gasteiger partial charge on any atom is -0.368 e. The summed E-state index contributed by atoms with van der Waals surface area (Å²) in [5.41, 5.74) is 8.75. The zero-order valence-corrected chi connectivity index (χ0v) is 15.8. The van der Waals surface area contributed by atoms with Crippen LogP contribution >= 0.6 is 0 Å². The van der Waals surface area contributed by atoms with E-state index in [1.165, 1.54) is 0 Å². The molecule has 146 valence electrons. The van der Waals surface area contributed by atoms with Gasteiger partial charge in [-0.05, 0) is 36.4 Å². The Labute approximate surface area is 168 Å². The van der Waals surface area contributed by atoms with Gasteiger partial charge in [0.15, 0.2) is 0 Å². The van der Waals surface area contributed by atoms with Crippen molar-refractivity contribution in [2.45, 2.75) is 6.10 Å². The minimum absolute atomic E-state index is 0.00999. The van der Waals surface area contributed by atoms with Crippen LogP contribution in [-0.4, -0.2) is 41.4 Å². The summed E-state index contributed by atoms with van der Waals surface area (Å²) in [5.74, 6) is -0.488. The quantitative estimate of drug-likeness (QED) is 0.746. The van der Waals surface area contributed by atoms with Gasteiger partial charge in [-0.15, -0.1) is 0 Å². The molecule has 29 heavy (non-hydrogen) atoms. The largest absolute Gasteiger partial charge is 0.368 e. The molecular weight excluding hydrogens is 366 g/mol. The predicted molar refractivity (Wildman–Crippen MR) is 109 cm³/mol. The Bertz CT molecular complexity index is 1040. The molecule has 4 rings (SSSR count). The number of aromatic nitrogens is 1. The fourth-order valence-corrected chi connectivity index (χ4v) is 3.40. The molecule has 1 aliphatic heterocycles. The first-order valence-corrected chi connectivity index (χ1v) is 9.45. The predicted octanol–water partition coefficient (Wildman–Crippen LogP) is 3.06. The van der Waals surface area contributed by atoms with Crippen molar-refractivity contribution in [1.82, 2.24) is 9.88 Å². The number of nitrogens with zero attached hydrogens (tertiary/aromatic N) is 2. The number of benzene rings is 2. The maximum Gasteiger partial charge on any atom is 0.254 e. The summed E-state index contributed by atoms with van der Waals surface area (Å²) in [5, 5.41) is 0. The van der Waals surface area contributed by atoms with Crippen molar-refractivity contribution in [2.24, 2.45) is 5.73 Å². The first-order chi connectivity index (χ1) is 14.1. The van der Waals surface area contributed by atoms with Gasteiger partial charge in [0.25, 0.3) is 5.91 Å². The second-order valence-electron chi connectivity index (χ2n) is 6.87. The van der Waals surface area contributed by atoms with Gasteiger partial charge in [-0.3, -0.25) is 9.59 Å². The summed E-state index contributed by atoms with van der Waals surface area (Å²) in [6.07, 6.45) is -0.310. The SMILES string of the molecule is NC(=O)c1cccc(-c2cccc([C@H]3CN(C(=O)c4ccccc4)CCO3)n2)c1. The van der Waals surface area contributed by atoms with E-state index in [0.717, 1.165) is 17.0 Å². The summed E-state index contributed by atoms with van der Waals surface area (Å²) in [6, 6.07) is 22.0. The number of hydrogen-bond acceptors (Lipinski definition) is 4. The van der Waals surface area contributed by atoms with Crippen LogP contribution in [0.1, 0.15) is 32.5 Å². The standard InChI is InChI=1S/C23H21N3O3/c24-22(27)18-9-4-8-17(14-18)19-10-5-11-20(25-19)21-15-26(12-13-29-21)23(28)16-6-2-1-3-7-16/h1-11,14,21H,12-13,15H2,(H2,24,27)/t21-/m1/s1. The van der Waals surface area contributed by atoms with E-state index < -0.39 is 5.91 Å². The number of nitrogens with two attached hydrogens (primary N) is 1. The number of carbonyl (C=O) groups is 2. The first-order valence-electron chi connectivity index (χ1n) is 9.45. The number of pyridine rings is 1. The number of primary amides is 1. The Morgan fingerprint density at radius 1 is 0.966 bits per heavy atom. The van der Waals surface area contributed by atoms with E-state index in [0.29, 0.717) is 30.8 Å². The van der Waals surface area contributed by atoms with Gasteiger partial charge < -0.3 is 15.4 Å². The van der Waals surface area contributed by atoms with Crippen LogP contribution in [-0.2, 0) is 4.74 Å². The van der Waals surface area contributed by atoms with Crippen molar-refractivity contribution in [3.63, 3.8) is 0 Å². The first kappa shape index (κ1) is 18.8. The second-order valence-corrected chi connectivity index (χ2v) is 6.87. The lowest BCUT2D eigenvalue weighted by Crippen LogP contribution is -2.42. The molecule has 0 saturated carbocycles.